The first kappa shape index (κ1) is 14.2. The molecule has 4 rings (SSSR count). The summed E-state index contributed by atoms with van der Waals surface area (Å²) >= 11 is 0. The van der Waals surface area contributed by atoms with Gasteiger partial charge < -0.3 is 4.57 Å². The van der Waals surface area contributed by atoms with Gasteiger partial charge in [0.2, 0.25) is 0 Å². The maximum absolute atomic E-state index is 13.2. The Bertz CT molecular complexity index is 863. The zero-order valence-electron chi connectivity index (χ0n) is 12.2. The van der Waals surface area contributed by atoms with Crippen LogP contribution >= 0.6 is 0 Å². The molecule has 1 aromatic carbocycles. The Labute approximate surface area is 130 Å². The number of halogens is 3. The highest BCUT2D eigenvalue weighted by Crippen LogP contribution is 2.39. The molecule has 0 spiro atoms. The first-order valence-electron chi connectivity index (χ1n) is 7.51. The molecule has 0 atom stereocenters. The number of alkyl halides is 3. The quantitative estimate of drug-likeness (QED) is 0.718. The highest BCUT2D eigenvalue weighted by atomic mass is 19.4. The van der Waals surface area contributed by atoms with Crippen molar-refractivity contribution < 1.29 is 13.2 Å². The largest absolute Gasteiger partial charge is 0.416 e. The van der Waals surface area contributed by atoms with Gasteiger partial charge in [0.25, 0.3) is 0 Å². The number of benzene rings is 1. The predicted octanol–water partition coefficient (Wildman–Crippen LogP) is 4.38. The second-order valence-electron chi connectivity index (χ2n) is 5.81. The fourth-order valence-corrected chi connectivity index (χ4v) is 2.94. The van der Waals surface area contributed by atoms with Gasteiger partial charge in [0.05, 0.1) is 5.56 Å². The molecule has 0 aliphatic heterocycles. The van der Waals surface area contributed by atoms with Gasteiger partial charge in [0.15, 0.2) is 5.65 Å². The van der Waals surface area contributed by atoms with E-state index in [1.54, 1.807) is 18.3 Å². The van der Waals surface area contributed by atoms with Crippen molar-refractivity contribution in [2.45, 2.75) is 31.5 Å². The van der Waals surface area contributed by atoms with E-state index in [2.05, 4.69) is 9.97 Å². The van der Waals surface area contributed by atoms with Gasteiger partial charge >= 0.3 is 6.18 Å². The number of pyridine rings is 1. The highest BCUT2D eigenvalue weighted by molar-refractivity contribution is 5.71. The number of hydrogen-bond donors (Lipinski definition) is 0. The fourth-order valence-electron chi connectivity index (χ4n) is 2.94. The minimum Gasteiger partial charge on any atom is -0.309 e. The molecule has 1 aliphatic carbocycles. The predicted molar refractivity (Wildman–Crippen MR) is 80.0 cm³/mol. The van der Waals surface area contributed by atoms with Gasteiger partial charge in [-0.15, -0.1) is 0 Å². The Kier molecular flexibility index (Phi) is 3.14. The second-order valence-corrected chi connectivity index (χ2v) is 5.81. The van der Waals surface area contributed by atoms with E-state index in [0.29, 0.717) is 11.9 Å². The van der Waals surface area contributed by atoms with Crippen molar-refractivity contribution in [3.05, 3.63) is 59.5 Å². The van der Waals surface area contributed by atoms with Crippen LogP contribution in [0.2, 0.25) is 0 Å². The van der Waals surface area contributed by atoms with Gasteiger partial charge in [0, 0.05) is 18.7 Å². The fraction of sp³-hybridized carbons (Fsp3) is 0.294. The molecule has 3 nitrogen and oxygen atoms in total. The van der Waals surface area contributed by atoms with Crippen LogP contribution < -0.4 is 0 Å². The Hall–Kier alpha value is -2.37. The van der Waals surface area contributed by atoms with Crippen LogP contribution in [0.5, 0.6) is 0 Å². The second kappa shape index (κ2) is 5.08. The van der Waals surface area contributed by atoms with E-state index >= 15 is 0 Å². The third-order valence-corrected chi connectivity index (χ3v) is 4.11. The maximum atomic E-state index is 13.2. The van der Waals surface area contributed by atoms with Crippen molar-refractivity contribution >= 4 is 11.2 Å². The summed E-state index contributed by atoms with van der Waals surface area (Å²) in [5, 5.41) is 0. The van der Waals surface area contributed by atoms with Gasteiger partial charge in [-0.3, -0.25) is 0 Å². The lowest BCUT2D eigenvalue weighted by Gasteiger charge is -2.13. The highest BCUT2D eigenvalue weighted by Gasteiger charge is 2.34. The minimum absolute atomic E-state index is 0.155. The summed E-state index contributed by atoms with van der Waals surface area (Å²) in [7, 11) is 0. The van der Waals surface area contributed by atoms with Crippen LogP contribution in [0.3, 0.4) is 0 Å². The average Bonchev–Trinajstić information content (AvgIpc) is 3.28. The van der Waals surface area contributed by atoms with Gasteiger partial charge in [-0.2, -0.15) is 13.2 Å². The number of nitrogens with zero attached hydrogens (tertiary/aromatic N) is 3. The number of fused-ring (bicyclic) bond motifs is 1. The minimum atomic E-state index is -4.36. The van der Waals surface area contributed by atoms with Gasteiger partial charge in [0.1, 0.15) is 11.3 Å². The molecule has 3 aromatic rings. The van der Waals surface area contributed by atoms with E-state index < -0.39 is 11.7 Å². The molecule has 0 N–H and O–H groups in total. The van der Waals surface area contributed by atoms with Crippen LogP contribution in [-0.4, -0.2) is 14.5 Å². The lowest BCUT2D eigenvalue weighted by molar-refractivity contribution is -0.138. The normalized spacial score (nSPS) is 15.3. The van der Waals surface area contributed by atoms with E-state index in [4.69, 9.17) is 0 Å². The molecule has 2 aromatic heterocycles. The van der Waals surface area contributed by atoms with E-state index in [0.717, 1.165) is 30.1 Å². The van der Waals surface area contributed by atoms with Crippen LogP contribution in [-0.2, 0) is 12.6 Å². The van der Waals surface area contributed by atoms with Crippen molar-refractivity contribution in [2.75, 3.05) is 0 Å². The third-order valence-electron chi connectivity index (χ3n) is 4.11. The van der Waals surface area contributed by atoms with Crippen molar-refractivity contribution in [3.63, 3.8) is 0 Å². The summed E-state index contributed by atoms with van der Waals surface area (Å²) in [6, 6.07) is 9.64. The topological polar surface area (TPSA) is 30.7 Å². The monoisotopic (exact) mass is 317 g/mol. The lowest BCUT2D eigenvalue weighted by atomic mass is 10.0. The van der Waals surface area contributed by atoms with Crippen molar-refractivity contribution in [2.24, 2.45) is 0 Å². The first-order valence-corrected chi connectivity index (χ1v) is 7.51. The summed E-state index contributed by atoms with van der Waals surface area (Å²) in [6.45, 7) is 0. The number of aromatic nitrogens is 3. The molecule has 1 saturated carbocycles. The van der Waals surface area contributed by atoms with Gasteiger partial charge in [-0.25, -0.2) is 9.97 Å². The average molecular weight is 317 g/mol. The molecule has 2 heterocycles. The van der Waals surface area contributed by atoms with E-state index in [-0.39, 0.29) is 12.0 Å². The molecule has 118 valence electrons. The van der Waals surface area contributed by atoms with Crippen molar-refractivity contribution in [3.8, 4) is 0 Å². The molecule has 0 unspecified atom stereocenters. The lowest BCUT2D eigenvalue weighted by Crippen LogP contribution is -2.11. The zero-order valence-corrected chi connectivity index (χ0v) is 12.2. The van der Waals surface area contributed by atoms with Crippen LogP contribution in [0.15, 0.2) is 42.6 Å². The maximum Gasteiger partial charge on any atom is 0.416 e. The summed E-state index contributed by atoms with van der Waals surface area (Å²) in [6.07, 6.45) is -0.462. The summed E-state index contributed by atoms with van der Waals surface area (Å²) in [4.78, 5) is 8.88. The molecular weight excluding hydrogens is 303 g/mol. The van der Waals surface area contributed by atoms with Crippen molar-refractivity contribution in [1.82, 2.24) is 14.5 Å². The third kappa shape index (κ3) is 2.58. The first-order chi connectivity index (χ1) is 11.0. The molecular formula is C17H14F3N3. The Morgan fingerprint density at radius 3 is 2.61 bits per heavy atom. The summed E-state index contributed by atoms with van der Waals surface area (Å²) in [5.74, 6) is 0.651. The van der Waals surface area contributed by atoms with Gasteiger partial charge in [-0.05, 0) is 36.6 Å². The van der Waals surface area contributed by atoms with E-state index in [1.807, 2.05) is 10.6 Å². The summed E-state index contributed by atoms with van der Waals surface area (Å²) in [5.41, 5.74) is 1.15. The molecule has 0 bridgehead atoms. The zero-order chi connectivity index (χ0) is 16.0. The molecule has 6 heteroatoms. The van der Waals surface area contributed by atoms with E-state index in [1.165, 1.54) is 12.1 Å². The standard InChI is InChI=1S/C17H14F3N3/c18-17(19,20)13-5-2-1-4-11(13)10-15-22-14-6-3-9-21-16(14)23(15)12-7-8-12/h1-6,9,12H,7-8,10H2. The smallest absolute Gasteiger partial charge is 0.309 e. The Balaban J connectivity index is 1.81. The molecule has 1 aliphatic rings. The SMILES string of the molecule is FC(F)(F)c1ccccc1Cc1nc2cccnc2n1C1CC1. The molecule has 23 heavy (non-hydrogen) atoms. The van der Waals surface area contributed by atoms with Gasteiger partial charge in [-0.1, -0.05) is 18.2 Å². The Morgan fingerprint density at radius 1 is 1.09 bits per heavy atom. The van der Waals surface area contributed by atoms with Crippen LogP contribution in [0.25, 0.3) is 11.2 Å². The number of hydrogen-bond acceptors (Lipinski definition) is 2. The molecule has 0 saturated heterocycles. The number of imidazole rings is 1. The van der Waals surface area contributed by atoms with Crippen LogP contribution in [0, 0.1) is 0 Å². The number of rotatable bonds is 3. The van der Waals surface area contributed by atoms with Crippen LogP contribution in [0.1, 0.15) is 35.8 Å². The van der Waals surface area contributed by atoms with Crippen molar-refractivity contribution in [1.29, 1.82) is 0 Å². The molecule has 0 radical (unpaired) electrons. The summed E-state index contributed by atoms with van der Waals surface area (Å²) < 4.78 is 41.6. The van der Waals surface area contributed by atoms with E-state index in [9.17, 15) is 13.2 Å². The molecule has 1 fully saturated rings. The van der Waals surface area contributed by atoms with Crippen LogP contribution in [0.4, 0.5) is 13.2 Å². The Morgan fingerprint density at radius 2 is 1.87 bits per heavy atom. The molecule has 0 amide bonds.